The number of hydrogen-bond donors (Lipinski definition) is 0. The van der Waals surface area contributed by atoms with Gasteiger partial charge >= 0.3 is 0 Å². The van der Waals surface area contributed by atoms with E-state index in [-0.39, 0.29) is 6.10 Å². The van der Waals surface area contributed by atoms with Crippen molar-refractivity contribution in [1.29, 1.82) is 0 Å². The van der Waals surface area contributed by atoms with E-state index in [1.54, 1.807) is 0 Å². The molecule has 1 aliphatic heterocycles. The first-order valence-electron chi connectivity index (χ1n) is 4.78. The van der Waals surface area contributed by atoms with Crippen LogP contribution in [-0.2, 0) is 16.1 Å². The lowest BCUT2D eigenvalue weighted by Gasteiger charge is -2.09. The summed E-state index contributed by atoms with van der Waals surface area (Å²) in [7, 11) is 0. The van der Waals surface area contributed by atoms with Crippen LogP contribution in [0.4, 0.5) is 0 Å². The quantitative estimate of drug-likeness (QED) is 0.828. The molecule has 2 nitrogen and oxygen atoms in total. The molecule has 0 bridgehead atoms. The highest BCUT2D eigenvalue weighted by molar-refractivity contribution is 9.10. The van der Waals surface area contributed by atoms with Gasteiger partial charge in [0.1, 0.15) is 0 Å². The summed E-state index contributed by atoms with van der Waals surface area (Å²) in [6.45, 7) is 2.25. The van der Waals surface area contributed by atoms with E-state index in [1.807, 2.05) is 12.1 Å². The maximum absolute atomic E-state index is 5.70. The Morgan fingerprint density at radius 1 is 1.50 bits per heavy atom. The molecule has 0 N–H and O–H groups in total. The van der Waals surface area contributed by atoms with Crippen LogP contribution in [0, 0.1) is 0 Å². The van der Waals surface area contributed by atoms with E-state index in [9.17, 15) is 0 Å². The van der Waals surface area contributed by atoms with Gasteiger partial charge in [-0.25, -0.2) is 0 Å². The molecule has 76 valence electrons. The Kier molecular flexibility index (Phi) is 3.56. The number of hydrogen-bond acceptors (Lipinski definition) is 2. The monoisotopic (exact) mass is 256 g/mol. The molecule has 0 radical (unpaired) electrons. The van der Waals surface area contributed by atoms with E-state index in [1.165, 1.54) is 5.56 Å². The SMILES string of the molecule is Brc1cccc(COC2CCOC2)c1. The number of ether oxygens (including phenoxy) is 2. The third-order valence-corrected chi connectivity index (χ3v) is 2.76. The number of rotatable bonds is 3. The summed E-state index contributed by atoms with van der Waals surface area (Å²) in [6.07, 6.45) is 1.31. The van der Waals surface area contributed by atoms with Crippen LogP contribution in [0.2, 0.25) is 0 Å². The minimum absolute atomic E-state index is 0.286. The van der Waals surface area contributed by atoms with Crippen LogP contribution >= 0.6 is 15.9 Å². The first-order valence-corrected chi connectivity index (χ1v) is 5.58. The van der Waals surface area contributed by atoms with E-state index >= 15 is 0 Å². The number of benzene rings is 1. The van der Waals surface area contributed by atoms with Crippen molar-refractivity contribution in [3.8, 4) is 0 Å². The van der Waals surface area contributed by atoms with Gasteiger partial charge in [0.15, 0.2) is 0 Å². The zero-order valence-electron chi connectivity index (χ0n) is 7.91. The molecular weight excluding hydrogens is 244 g/mol. The largest absolute Gasteiger partial charge is 0.379 e. The van der Waals surface area contributed by atoms with Gasteiger partial charge in [0.2, 0.25) is 0 Å². The van der Waals surface area contributed by atoms with Gasteiger partial charge in [-0.2, -0.15) is 0 Å². The Labute approximate surface area is 92.3 Å². The summed E-state index contributed by atoms with van der Waals surface area (Å²) in [5, 5.41) is 0. The van der Waals surface area contributed by atoms with Gasteiger partial charge in [-0.05, 0) is 24.1 Å². The second-order valence-electron chi connectivity index (χ2n) is 3.43. The average Bonchev–Trinajstić information content (AvgIpc) is 2.67. The minimum Gasteiger partial charge on any atom is -0.379 e. The van der Waals surface area contributed by atoms with Crippen molar-refractivity contribution < 1.29 is 9.47 Å². The lowest BCUT2D eigenvalue weighted by Crippen LogP contribution is -2.11. The van der Waals surface area contributed by atoms with E-state index in [2.05, 4.69) is 28.1 Å². The summed E-state index contributed by atoms with van der Waals surface area (Å²) in [6, 6.07) is 8.19. The number of halogens is 1. The molecule has 0 saturated carbocycles. The van der Waals surface area contributed by atoms with Crippen LogP contribution in [0.5, 0.6) is 0 Å². The Morgan fingerprint density at radius 2 is 2.43 bits per heavy atom. The Hall–Kier alpha value is -0.380. The van der Waals surface area contributed by atoms with Crippen molar-refractivity contribution in [3.05, 3.63) is 34.3 Å². The summed E-state index contributed by atoms with van der Waals surface area (Å²) in [5.74, 6) is 0. The zero-order chi connectivity index (χ0) is 9.80. The van der Waals surface area contributed by atoms with Crippen LogP contribution < -0.4 is 0 Å². The van der Waals surface area contributed by atoms with E-state index < -0.39 is 0 Å². The predicted molar refractivity (Wildman–Crippen MR) is 58.2 cm³/mol. The Balaban J connectivity index is 1.85. The van der Waals surface area contributed by atoms with Crippen LogP contribution in [0.1, 0.15) is 12.0 Å². The smallest absolute Gasteiger partial charge is 0.0834 e. The molecule has 1 aliphatic rings. The average molecular weight is 257 g/mol. The van der Waals surface area contributed by atoms with Crippen molar-refractivity contribution in [2.75, 3.05) is 13.2 Å². The van der Waals surface area contributed by atoms with Crippen molar-refractivity contribution in [3.63, 3.8) is 0 Å². The highest BCUT2D eigenvalue weighted by Gasteiger charge is 2.15. The standard InChI is InChI=1S/C11H13BrO2/c12-10-3-1-2-9(6-10)7-14-11-4-5-13-8-11/h1-3,6,11H,4-5,7-8H2. The summed E-state index contributed by atoms with van der Waals surface area (Å²) < 4.78 is 12.0. The lowest BCUT2D eigenvalue weighted by atomic mass is 10.2. The van der Waals surface area contributed by atoms with E-state index in [4.69, 9.17) is 9.47 Å². The maximum atomic E-state index is 5.70. The molecule has 0 amide bonds. The molecule has 3 heteroatoms. The Morgan fingerprint density at radius 3 is 3.14 bits per heavy atom. The van der Waals surface area contributed by atoms with Gasteiger partial charge in [0.05, 0.1) is 19.3 Å². The minimum atomic E-state index is 0.286. The molecule has 1 aromatic rings. The molecule has 2 rings (SSSR count). The van der Waals surface area contributed by atoms with Gasteiger partial charge in [0, 0.05) is 11.1 Å². The van der Waals surface area contributed by atoms with E-state index in [0.717, 1.165) is 24.1 Å². The molecule has 1 unspecified atom stereocenters. The second-order valence-corrected chi connectivity index (χ2v) is 4.34. The fourth-order valence-corrected chi connectivity index (χ4v) is 1.93. The van der Waals surface area contributed by atoms with Crippen LogP contribution in [-0.4, -0.2) is 19.3 Å². The third-order valence-electron chi connectivity index (χ3n) is 2.26. The summed E-state index contributed by atoms with van der Waals surface area (Å²) in [4.78, 5) is 0. The van der Waals surface area contributed by atoms with Crippen molar-refractivity contribution in [2.45, 2.75) is 19.1 Å². The molecule has 0 aliphatic carbocycles. The van der Waals surface area contributed by atoms with Gasteiger partial charge in [-0.1, -0.05) is 28.1 Å². The van der Waals surface area contributed by atoms with Crippen LogP contribution in [0.3, 0.4) is 0 Å². The first kappa shape index (κ1) is 10.1. The predicted octanol–water partition coefficient (Wildman–Crippen LogP) is 2.75. The van der Waals surface area contributed by atoms with Gasteiger partial charge in [0.25, 0.3) is 0 Å². The fraction of sp³-hybridized carbons (Fsp3) is 0.455. The van der Waals surface area contributed by atoms with Crippen molar-refractivity contribution in [1.82, 2.24) is 0 Å². The zero-order valence-corrected chi connectivity index (χ0v) is 9.50. The van der Waals surface area contributed by atoms with Crippen LogP contribution in [0.15, 0.2) is 28.7 Å². The molecule has 1 heterocycles. The highest BCUT2D eigenvalue weighted by Crippen LogP contribution is 2.15. The normalized spacial score (nSPS) is 21.4. The molecule has 1 atom stereocenters. The summed E-state index contributed by atoms with van der Waals surface area (Å²) in [5.41, 5.74) is 1.20. The topological polar surface area (TPSA) is 18.5 Å². The Bertz CT molecular complexity index is 295. The molecule has 1 aromatic carbocycles. The second kappa shape index (κ2) is 4.91. The maximum Gasteiger partial charge on any atom is 0.0834 e. The fourth-order valence-electron chi connectivity index (χ4n) is 1.49. The van der Waals surface area contributed by atoms with Crippen molar-refractivity contribution >= 4 is 15.9 Å². The molecule has 14 heavy (non-hydrogen) atoms. The van der Waals surface area contributed by atoms with Gasteiger partial charge in [-0.3, -0.25) is 0 Å². The lowest BCUT2D eigenvalue weighted by molar-refractivity contribution is 0.0317. The summed E-state index contributed by atoms with van der Waals surface area (Å²) >= 11 is 3.44. The third kappa shape index (κ3) is 2.80. The molecule has 0 spiro atoms. The molecular formula is C11H13BrO2. The highest BCUT2D eigenvalue weighted by atomic mass is 79.9. The first-order chi connectivity index (χ1) is 6.84. The van der Waals surface area contributed by atoms with Crippen molar-refractivity contribution in [2.24, 2.45) is 0 Å². The molecule has 0 aromatic heterocycles. The van der Waals surface area contributed by atoms with E-state index in [0.29, 0.717) is 6.61 Å². The molecule has 1 fully saturated rings. The van der Waals surface area contributed by atoms with Gasteiger partial charge in [-0.15, -0.1) is 0 Å². The van der Waals surface area contributed by atoms with Gasteiger partial charge < -0.3 is 9.47 Å². The van der Waals surface area contributed by atoms with Crippen LogP contribution in [0.25, 0.3) is 0 Å². The molecule has 1 saturated heterocycles.